The van der Waals surface area contributed by atoms with Gasteiger partial charge in [-0.25, -0.2) is 0 Å². The quantitative estimate of drug-likeness (QED) is 0.289. The lowest BCUT2D eigenvalue weighted by molar-refractivity contribution is 0.00832. The molecule has 0 unspecified atom stereocenters. The second-order valence-electron chi connectivity index (χ2n) is 3.62. The standard InChI is InChI=1S/C8H17NO5/c10-2-4(12)1-5-7(13)8(14)6(3-11)9-5/h4-14H,1-3H2/t4-,5+,6+,7+,8+/m0/s1. The Hall–Kier alpha value is -0.240. The first-order valence-corrected chi connectivity index (χ1v) is 4.62. The topological polar surface area (TPSA) is 113 Å². The number of hydrogen-bond acceptors (Lipinski definition) is 6. The molecule has 6 N–H and O–H groups in total. The molecule has 0 bridgehead atoms. The van der Waals surface area contributed by atoms with Crippen LogP contribution in [-0.2, 0) is 0 Å². The Balaban J connectivity index is 2.48. The van der Waals surface area contributed by atoms with Crippen LogP contribution >= 0.6 is 0 Å². The van der Waals surface area contributed by atoms with Crippen molar-refractivity contribution in [3.8, 4) is 0 Å². The van der Waals surface area contributed by atoms with Crippen LogP contribution in [0.1, 0.15) is 6.42 Å². The SMILES string of the molecule is OC[C@@H](O)C[C@H]1N[C@H](CO)[C@@H](O)[C@@H]1O. The second kappa shape index (κ2) is 5.01. The summed E-state index contributed by atoms with van der Waals surface area (Å²) in [6, 6.07) is -1.06. The van der Waals surface area contributed by atoms with Gasteiger partial charge in [0.05, 0.1) is 37.6 Å². The van der Waals surface area contributed by atoms with Crippen LogP contribution in [0.3, 0.4) is 0 Å². The average Bonchev–Trinajstić information content (AvgIpc) is 2.45. The van der Waals surface area contributed by atoms with Gasteiger partial charge in [0.1, 0.15) is 0 Å². The first kappa shape index (κ1) is 11.8. The van der Waals surface area contributed by atoms with Gasteiger partial charge in [-0.15, -0.1) is 0 Å². The lowest BCUT2D eigenvalue weighted by atomic mass is 10.0. The van der Waals surface area contributed by atoms with Crippen molar-refractivity contribution in [1.82, 2.24) is 5.32 Å². The molecule has 1 rings (SSSR count). The maximum atomic E-state index is 9.49. The molecule has 1 aliphatic rings. The summed E-state index contributed by atoms with van der Waals surface area (Å²) in [4.78, 5) is 0. The number of aliphatic hydroxyl groups is 5. The van der Waals surface area contributed by atoms with E-state index in [1.54, 1.807) is 0 Å². The van der Waals surface area contributed by atoms with Crippen molar-refractivity contribution < 1.29 is 25.5 Å². The fourth-order valence-electron chi connectivity index (χ4n) is 1.68. The maximum Gasteiger partial charge on any atom is 0.0989 e. The molecule has 1 aliphatic heterocycles. The van der Waals surface area contributed by atoms with Gasteiger partial charge in [0.15, 0.2) is 0 Å². The van der Waals surface area contributed by atoms with Crippen molar-refractivity contribution in [2.45, 2.75) is 36.8 Å². The molecule has 0 amide bonds. The molecular weight excluding hydrogens is 190 g/mol. The molecule has 6 heteroatoms. The summed E-state index contributed by atoms with van der Waals surface area (Å²) < 4.78 is 0. The minimum Gasteiger partial charge on any atom is -0.395 e. The molecule has 1 fully saturated rings. The summed E-state index contributed by atoms with van der Waals surface area (Å²) in [6.45, 7) is -0.658. The van der Waals surface area contributed by atoms with E-state index in [1.807, 2.05) is 0 Å². The Morgan fingerprint density at radius 3 is 2.07 bits per heavy atom. The van der Waals surface area contributed by atoms with Crippen molar-refractivity contribution in [1.29, 1.82) is 0 Å². The first-order valence-electron chi connectivity index (χ1n) is 4.62. The van der Waals surface area contributed by atoms with Gasteiger partial charge in [-0.3, -0.25) is 0 Å². The number of aliphatic hydroxyl groups excluding tert-OH is 5. The van der Waals surface area contributed by atoms with Gasteiger partial charge in [-0.1, -0.05) is 0 Å². The van der Waals surface area contributed by atoms with Crippen LogP contribution in [0.4, 0.5) is 0 Å². The Bertz CT molecular complexity index is 177. The highest BCUT2D eigenvalue weighted by Gasteiger charge is 2.40. The third-order valence-electron chi connectivity index (χ3n) is 2.54. The first-order chi connectivity index (χ1) is 6.60. The van der Waals surface area contributed by atoms with Crippen molar-refractivity contribution in [3.05, 3.63) is 0 Å². The van der Waals surface area contributed by atoms with Crippen LogP contribution in [0.5, 0.6) is 0 Å². The number of rotatable bonds is 4. The third-order valence-corrected chi connectivity index (χ3v) is 2.54. The molecule has 0 aromatic heterocycles. The average molecular weight is 207 g/mol. The van der Waals surface area contributed by atoms with Crippen LogP contribution in [0, 0.1) is 0 Å². The molecule has 1 heterocycles. The van der Waals surface area contributed by atoms with Gasteiger partial charge in [0.2, 0.25) is 0 Å². The van der Waals surface area contributed by atoms with Gasteiger partial charge in [-0.2, -0.15) is 0 Å². The molecule has 84 valence electrons. The second-order valence-corrected chi connectivity index (χ2v) is 3.62. The molecule has 0 radical (unpaired) electrons. The highest BCUT2D eigenvalue weighted by molar-refractivity contribution is 4.98. The van der Waals surface area contributed by atoms with Gasteiger partial charge in [0, 0.05) is 6.04 Å². The maximum absolute atomic E-state index is 9.49. The predicted octanol–water partition coefficient (Wildman–Crippen LogP) is -3.22. The summed E-state index contributed by atoms with van der Waals surface area (Å²) in [6.07, 6.45) is -2.83. The highest BCUT2D eigenvalue weighted by atomic mass is 16.3. The van der Waals surface area contributed by atoms with Gasteiger partial charge in [0.25, 0.3) is 0 Å². The summed E-state index contributed by atoms with van der Waals surface area (Å²) in [5.74, 6) is 0. The Kier molecular flexibility index (Phi) is 4.24. The number of nitrogens with one attached hydrogen (secondary N) is 1. The largest absolute Gasteiger partial charge is 0.395 e. The van der Waals surface area contributed by atoms with Crippen LogP contribution in [0.2, 0.25) is 0 Å². The van der Waals surface area contributed by atoms with Crippen molar-refractivity contribution in [2.24, 2.45) is 0 Å². The molecule has 14 heavy (non-hydrogen) atoms. The molecular formula is C8H17NO5. The van der Waals surface area contributed by atoms with E-state index in [0.29, 0.717) is 0 Å². The lowest BCUT2D eigenvalue weighted by Gasteiger charge is -2.17. The lowest BCUT2D eigenvalue weighted by Crippen LogP contribution is -2.38. The Morgan fingerprint density at radius 1 is 1.07 bits per heavy atom. The minimum absolute atomic E-state index is 0.144. The molecule has 0 aromatic rings. The zero-order chi connectivity index (χ0) is 10.7. The van der Waals surface area contributed by atoms with E-state index in [9.17, 15) is 10.2 Å². The minimum atomic E-state index is -1.03. The van der Waals surface area contributed by atoms with Crippen molar-refractivity contribution >= 4 is 0 Å². The summed E-state index contributed by atoms with van der Waals surface area (Å²) >= 11 is 0. The van der Waals surface area contributed by atoms with E-state index >= 15 is 0 Å². The number of hydrogen-bond donors (Lipinski definition) is 6. The van der Waals surface area contributed by atoms with Crippen LogP contribution in [0.15, 0.2) is 0 Å². The fourth-order valence-corrected chi connectivity index (χ4v) is 1.68. The van der Waals surface area contributed by atoms with Crippen LogP contribution in [-0.4, -0.2) is 69.1 Å². The van der Waals surface area contributed by atoms with Gasteiger partial charge in [-0.05, 0) is 6.42 Å². The van der Waals surface area contributed by atoms with Crippen molar-refractivity contribution in [2.75, 3.05) is 13.2 Å². The van der Waals surface area contributed by atoms with Gasteiger partial charge >= 0.3 is 0 Å². The van der Waals surface area contributed by atoms with E-state index in [0.717, 1.165) is 0 Å². The molecule has 0 spiro atoms. The van der Waals surface area contributed by atoms with E-state index in [1.165, 1.54) is 0 Å². The van der Waals surface area contributed by atoms with E-state index in [4.69, 9.17) is 15.3 Å². The van der Waals surface area contributed by atoms with E-state index in [-0.39, 0.29) is 19.6 Å². The molecule has 5 atom stereocenters. The summed E-state index contributed by atoms with van der Waals surface area (Å²) in [5, 5.41) is 48.2. The van der Waals surface area contributed by atoms with Gasteiger partial charge < -0.3 is 30.8 Å². The Morgan fingerprint density at radius 2 is 1.64 bits per heavy atom. The Labute approximate surface area is 81.8 Å². The zero-order valence-corrected chi connectivity index (χ0v) is 7.74. The van der Waals surface area contributed by atoms with E-state index in [2.05, 4.69) is 5.32 Å². The van der Waals surface area contributed by atoms with Crippen LogP contribution < -0.4 is 5.32 Å². The smallest absolute Gasteiger partial charge is 0.0989 e. The summed E-state index contributed by atoms with van der Waals surface area (Å²) in [5.41, 5.74) is 0. The summed E-state index contributed by atoms with van der Waals surface area (Å²) in [7, 11) is 0. The van der Waals surface area contributed by atoms with Crippen LogP contribution in [0.25, 0.3) is 0 Å². The highest BCUT2D eigenvalue weighted by Crippen LogP contribution is 2.17. The normalized spacial score (nSPS) is 40.1. The molecule has 0 aromatic carbocycles. The molecule has 0 saturated carbocycles. The molecule has 0 aliphatic carbocycles. The monoisotopic (exact) mass is 207 g/mol. The predicted molar refractivity (Wildman–Crippen MR) is 47.5 cm³/mol. The molecule has 6 nitrogen and oxygen atoms in total. The molecule has 1 saturated heterocycles. The van der Waals surface area contributed by atoms with E-state index < -0.39 is 30.4 Å². The zero-order valence-electron chi connectivity index (χ0n) is 7.74. The van der Waals surface area contributed by atoms with Crippen molar-refractivity contribution in [3.63, 3.8) is 0 Å². The fraction of sp³-hybridized carbons (Fsp3) is 1.00. The third kappa shape index (κ3) is 2.41.